The normalized spacial score (nSPS) is 23.1. The average molecular weight is 323 g/mol. The molecule has 124 valence electrons. The maximum atomic E-state index is 8.91. The van der Waals surface area contributed by atoms with Gasteiger partial charge in [-0.15, -0.1) is 5.10 Å². The molecule has 1 saturated heterocycles. The molecule has 6 nitrogen and oxygen atoms in total. The zero-order valence-corrected chi connectivity index (χ0v) is 13.6. The molecule has 2 aliphatic rings. The molecule has 1 saturated carbocycles. The van der Waals surface area contributed by atoms with Crippen LogP contribution in [0.25, 0.3) is 0 Å². The standard InChI is InChI=1S/C18H21N5O/c19-9-13-2-1-3-16(8-13)24-12-15-10-23(22-21-15)11-18-17(6-7-20-18)14-4-5-14/h1-3,8,10,14,17-18,20H,4-7,11-12H2. The van der Waals surface area contributed by atoms with E-state index in [4.69, 9.17) is 10.00 Å². The molecule has 0 bridgehead atoms. The number of nitrogens with zero attached hydrogens (tertiary/aromatic N) is 4. The molecular weight excluding hydrogens is 302 g/mol. The van der Waals surface area contributed by atoms with Crippen molar-refractivity contribution in [3.8, 4) is 11.8 Å². The molecule has 0 spiro atoms. The Morgan fingerprint density at radius 3 is 3.08 bits per heavy atom. The van der Waals surface area contributed by atoms with E-state index in [-0.39, 0.29) is 0 Å². The Balaban J connectivity index is 1.34. The summed E-state index contributed by atoms with van der Waals surface area (Å²) in [5, 5.41) is 21.0. The monoisotopic (exact) mass is 323 g/mol. The van der Waals surface area contributed by atoms with Crippen LogP contribution in [0.3, 0.4) is 0 Å². The molecule has 2 fully saturated rings. The second kappa shape index (κ2) is 6.62. The summed E-state index contributed by atoms with van der Waals surface area (Å²) in [5.74, 6) is 2.39. The maximum Gasteiger partial charge on any atom is 0.134 e. The van der Waals surface area contributed by atoms with Crippen LogP contribution in [0.5, 0.6) is 5.75 Å². The topological polar surface area (TPSA) is 75.8 Å². The summed E-state index contributed by atoms with van der Waals surface area (Å²) in [6.07, 6.45) is 6.02. The zero-order valence-electron chi connectivity index (χ0n) is 13.6. The van der Waals surface area contributed by atoms with Crippen molar-refractivity contribution in [2.45, 2.75) is 38.5 Å². The van der Waals surface area contributed by atoms with Crippen LogP contribution in [0.2, 0.25) is 0 Å². The highest BCUT2D eigenvalue weighted by Gasteiger charge is 2.39. The van der Waals surface area contributed by atoms with Gasteiger partial charge in [-0.2, -0.15) is 5.26 Å². The summed E-state index contributed by atoms with van der Waals surface area (Å²) < 4.78 is 7.62. The smallest absolute Gasteiger partial charge is 0.134 e. The van der Waals surface area contributed by atoms with Crippen molar-refractivity contribution in [1.29, 1.82) is 5.26 Å². The summed E-state index contributed by atoms with van der Waals surface area (Å²) in [6.45, 7) is 2.35. The minimum atomic E-state index is 0.360. The molecule has 0 amide bonds. The van der Waals surface area contributed by atoms with Crippen molar-refractivity contribution in [2.75, 3.05) is 6.54 Å². The molecular formula is C18H21N5O. The van der Waals surface area contributed by atoms with Crippen molar-refractivity contribution in [3.05, 3.63) is 41.7 Å². The van der Waals surface area contributed by atoms with Crippen molar-refractivity contribution in [3.63, 3.8) is 0 Å². The molecule has 2 heterocycles. The molecule has 0 radical (unpaired) electrons. The van der Waals surface area contributed by atoms with Crippen molar-refractivity contribution >= 4 is 0 Å². The first-order valence-corrected chi connectivity index (χ1v) is 8.57. The predicted octanol–water partition coefficient (Wildman–Crippen LogP) is 2.12. The van der Waals surface area contributed by atoms with E-state index < -0.39 is 0 Å². The Hall–Kier alpha value is -2.39. The van der Waals surface area contributed by atoms with Gasteiger partial charge < -0.3 is 10.1 Å². The number of rotatable bonds is 6. The van der Waals surface area contributed by atoms with Gasteiger partial charge >= 0.3 is 0 Å². The van der Waals surface area contributed by atoms with Crippen LogP contribution in [0.4, 0.5) is 0 Å². The first-order valence-electron chi connectivity index (χ1n) is 8.57. The van der Waals surface area contributed by atoms with Crippen LogP contribution in [0.1, 0.15) is 30.5 Å². The van der Waals surface area contributed by atoms with Gasteiger partial charge in [0.25, 0.3) is 0 Å². The Kier molecular flexibility index (Phi) is 4.18. The molecule has 2 unspecified atom stereocenters. The average Bonchev–Trinajstić information content (AvgIpc) is 3.19. The quantitative estimate of drug-likeness (QED) is 0.881. The van der Waals surface area contributed by atoms with Gasteiger partial charge in [0.1, 0.15) is 18.1 Å². The number of hydrogen-bond donors (Lipinski definition) is 1. The van der Waals surface area contributed by atoms with Gasteiger partial charge in [-0.1, -0.05) is 11.3 Å². The maximum absolute atomic E-state index is 8.91. The molecule has 2 atom stereocenters. The summed E-state index contributed by atoms with van der Waals surface area (Å²) in [6, 6.07) is 9.77. The summed E-state index contributed by atoms with van der Waals surface area (Å²) in [5.41, 5.74) is 1.40. The Morgan fingerprint density at radius 2 is 2.25 bits per heavy atom. The van der Waals surface area contributed by atoms with E-state index in [1.165, 1.54) is 19.3 Å². The number of nitrogens with one attached hydrogen (secondary N) is 1. The highest BCUT2D eigenvalue weighted by molar-refractivity contribution is 5.36. The molecule has 6 heteroatoms. The first-order chi connectivity index (χ1) is 11.8. The van der Waals surface area contributed by atoms with Gasteiger partial charge in [0, 0.05) is 6.04 Å². The first kappa shape index (κ1) is 15.2. The second-order valence-electron chi connectivity index (χ2n) is 6.71. The second-order valence-corrected chi connectivity index (χ2v) is 6.71. The van der Waals surface area contributed by atoms with Gasteiger partial charge in [0.05, 0.1) is 24.4 Å². The molecule has 2 aromatic rings. The molecule has 1 aromatic heterocycles. The van der Waals surface area contributed by atoms with Gasteiger partial charge in [0.15, 0.2) is 0 Å². The van der Waals surface area contributed by atoms with E-state index in [9.17, 15) is 0 Å². The lowest BCUT2D eigenvalue weighted by molar-refractivity contribution is 0.301. The highest BCUT2D eigenvalue weighted by Crippen LogP contribution is 2.42. The molecule has 1 aliphatic heterocycles. The third-order valence-electron chi connectivity index (χ3n) is 4.95. The molecule has 4 rings (SSSR count). The highest BCUT2D eigenvalue weighted by atomic mass is 16.5. The summed E-state index contributed by atoms with van der Waals surface area (Å²) >= 11 is 0. The van der Waals surface area contributed by atoms with Crippen LogP contribution in [-0.4, -0.2) is 27.6 Å². The fourth-order valence-corrected chi connectivity index (χ4v) is 3.58. The van der Waals surface area contributed by atoms with Gasteiger partial charge in [-0.3, -0.25) is 4.68 Å². The number of hydrogen-bond acceptors (Lipinski definition) is 5. The van der Waals surface area contributed by atoms with E-state index >= 15 is 0 Å². The Bertz CT molecular complexity index is 746. The number of nitriles is 1. The van der Waals surface area contributed by atoms with E-state index in [1.807, 2.05) is 23.0 Å². The fraction of sp³-hybridized carbons (Fsp3) is 0.500. The van der Waals surface area contributed by atoms with E-state index in [0.29, 0.717) is 24.0 Å². The lowest BCUT2D eigenvalue weighted by atomic mass is 9.95. The molecule has 1 aliphatic carbocycles. The minimum absolute atomic E-state index is 0.360. The van der Waals surface area contributed by atoms with Crippen LogP contribution in [-0.2, 0) is 13.2 Å². The zero-order chi connectivity index (χ0) is 16.4. The van der Waals surface area contributed by atoms with Crippen molar-refractivity contribution < 1.29 is 4.74 Å². The third-order valence-corrected chi connectivity index (χ3v) is 4.95. The van der Waals surface area contributed by atoms with E-state index in [0.717, 1.165) is 30.6 Å². The van der Waals surface area contributed by atoms with Crippen LogP contribution in [0, 0.1) is 23.2 Å². The Morgan fingerprint density at radius 1 is 1.33 bits per heavy atom. The SMILES string of the molecule is N#Cc1cccc(OCc2cn(CC3NCCC3C3CC3)nn2)c1. The predicted molar refractivity (Wildman–Crippen MR) is 88.1 cm³/mol. The fourth-order valence-electron chi connectivity index (χ4n) is 3.58. The van der Waals surface area contributed by atoms with Crippen LogP contribution >= 0.6 is 0 Å². The third kappa shape index (κ3) is 3.41. The molecule has 1 aromatic carbocycles. The lowest BCUT2D eigenvalue weighted by Crippen LogP contribution is -2.33. The van der Waals surface area contributed by atoms with Gasteiger partial charge in [0.2, 0.25) is 0 Å². The van der Waals surface area contributed by atoms with Crippen molar-refractivity contribution in [1.82, 2.24) is 20.3 Å². The van der Waals surface area contributed by atoms with E-state index in [2.05, 4.69) is 21.7 Å². The van der Waals surface area contributed by atoms with Gasteiger partial charge in [-0.05, 0) is 55.8 Å². The van der Waals surface area contributed by atoms with Crippen LogP contribution < -0.4 is 10.1 Å². The van der Waals surface area contributed by atoms with Crippen molar-refractivity contribution in [2.24, 2.45) is 11.8 Å². The summed E-state index contributed by atoms with van der Waals surface area (Å²) in [4.78, 5) is 0. The van der Waals surface area contributed by atoms with Crippen LogP contribution in [0.15, 0.2) is 30.5 Å². The lowest BCUT2D eigenvalue weighted by Gasteiger charge is -2.18. The molecule has 1 N–H and O–H groups in total. The minimum Gasteiger partial charge on any atom is -0.487 e. The summed E-state index contributed by atoms with van der Waals surface area (Å²) in [7, 11) is 0. The molecule has 24 heavy (non-hydrogen) atoms. The Labute approximate surface area is 141 Å². The number of benzene rings is 1. The largest absolute Gasteiger partial charge is 0.487 e. The van der Waals surface area contributed by atoms with Gasteiger partial charge in [-0.25, -0.2) is 0 Å². The number of ether oxygens (including phenoxy) is 1. The van der Waals surface area contributed by atoms with E-state index in [1.54, 1.807) is 12.1 Å². The number of aromatic nitrogens is 3.